The Kier molecular flexibility index (Phi) is 4.07. The molecule has 3 N–H and O–H groups in total. The third-order valence-electron chi connectivity index (χ3n) is 4.66. The van der Waals surface area contributed by atoms with Gasteiger partial charge in [-0.15, -0.1) is 0 Å². The van der Waals surface area contributed by atoms with Crippen molar-refractivity contribution in [2.45, 2.75) is 19.0 Å². The number of carbonyl (C=O) groups excluding carboxylic acids is 1. The predicted molar refractivity (Wildman–Crippen MR) is 94.3 cm³/mol. The number of aromatic nitrogens is 3. The van der Waals surface area contributed by atoms with Crippen LogP contribution in [0.25, 0.3) is 11.2 Å². The average molecular weight is 337 g/mol. The molecular weight excluding hydrogens is 318 g/mol. The number of carbonyl (C=O) groups is 1. The van der Waals surface area contributed by atoms with Crippen LogP contribution in [0.4, 0.5) is 0 Å². The van der Waals surface area contributed by atoms with E-state index in [1.54, 1.807) is 6.07 Å². The molecule has 0 saturated carbocycles. The van der Waals surface area contributed by atoms with E-state index in [0.29, 0.717) is 29.3 Å². The molecule has 1 fully saturated rings. The van der Waals surface area contributed by atoms with Crippen molar-refractivity contribution in [3.8, 4) is 0 Å². The van der Waals surface area contributed by atoms with Crippen LogP contribution in [0.3, 0.4) is 0 Å². The number of amides is 1. The van der Waals surface area contributed by atoms with E-state index < -0.39 is 0 Å². The van der Waals surface area contributed by atoms with Crippen LogP contribution in [0.15, 0.2) is 47.4 Å². The van der Waals surface area contributed by atoms with Crippen molar-refractivity contribution >= 4 is 17.1 Å². The largest absolute Gasteiger partial charge is 0.350 e. The van der Waals surface area contributed by atoms with E-state index in [9.17, 15) is 9.59 Å². The molecule has 25 heavy (non-hydrogen) atoms. The first kappa shape index (κ1) is 15.6. The number of benzene rings is 1. The molecule has 1 aliphatic rings. The Bertz CT molecular complexity index is 947. The van der Waals surface area contributed by atoms with Gasteiger partial charge in [-0.2, -0.15) is 0 Å². The molecule has 1 unspecified atom stereocenters. The summed E-state index contributed by atoms with van der Waals surface area (Å²) in [5.41, 5.74) is 2.18. The number of H-pyrrole nitrogens is 2. The smallest absolute Gasteiger partial charge is 0.325 e. The molecule has 7 nitrogen and oxygen atoms in total. The minimum absolute atomic E-state index is 0.200. The van der Waals surface area contributed by atoms with E-state index >= 15 is 0 Å². The van der Waals surface area contributed by atoms with Gasteiger partial charge in [0.25, 0.3) is 5.91 Å². The summed E-state index contributed by atoms with van der Waals surface area (Å²) in [6, 6.07) is 12.3. The Balaban J connectivity index is 1.39. The van der Waals surface area contributed by atoms with Crippen LogP contribution >= 0.6 is 0 Å². The first-order valence-electron chi connectivity index (χ1n) is 8.34. The Hall–Kier alpha value is -2.93. The number of hydrogen-bond donors (Lipinski definition) is 3. The molecule has 4 rings (SSSR count). The number of hydrogen-bond acceptors (Lipinski definition) is 4. The Morgan fingerprint density at radius 1 is 1.24 bits per heavy atom. The number of likely N-dealkylation sites (tertiary alicyclic amines) is 1. The highest BCUT2D eigenvalue weighted by atomic mass is 16.2. The number of rotatable bonds is 5. The van der Waals surface area contributed by atoms with Crippen LogP contribution in [0.5, 0.6) is 0 Å². The number of nitrogens with zero attached hydrogens (tertiary/aromatic N) is 2. The van der Waals surface area contributed by atoms with Crippen LogP contribution in [0.2, 0.25) is 0 Å². The van der Waals surface area contributed by atoms with Gasteiger partial charge in [0.2, 0.25) is 0 Å². The van der Waals surface area contributed by atoms with Crippen LogP contribution in [-0.4, -0.2) is 44.9 Å². The lowest BCUT2D eigenvalue weighted by atomic mass is 10.0. The van der Waals surface area contributed by atoms with Gasteiger partial charge >= 0.3 is 5.69 Å². The Labute approximate surface area is 144 Å². The highest BCUT2D eigenvalue weighted by Crippen LogP contribution is 2.20. The van der Waals surface area contributed by atoms with Gasteiger partial charge < -0.3 is 10.3 Å². The lowest BCUT2D eigenvalue weighted by Gasteiger charge is -2.41. The van der Waals surface area contributed by atoms with Gasteiger partial charge in [-0.05, 0) is 18.1 Å². The Morgan fingerprint density at radius 3 is 2.84 bits per heavy atom. The molecule has 1 aromatic carbocycles. The van der Waals surface area contributed by atoms with Crippen LogP contribution in [-0.2, 0) is 6.54 Å². The average Bonchev–Trinajstić information content (AvgIpc) is 2.99. The minimum Gasteiger partial charge on any atom is -0.350 e. The minimum atomic E-state index is -0.365. The molecule has 1 atom stereocenters. The van der Waals surface area contributed by atoms with Crippen LogP contribution in [0, 0.1) is 0 Å². The first-order chi connectivity index (χ1) is 12.2. The molecule has 2 aromatic heterocycles. The lowest BCUT2D eigenvalue weighted by molar-refractivity contribution is 0.0733. The number of nitrogens with one attached hydrogen (secondary N) is 3. The van der Waals surface area contributed by atoms with E-state index in [1.807, 2.05) is 18.2 Å². The second kappa shape index (κ2) is 6.52. The molecule has 0 radical (unpaired) electrons. The molecule has 1 amide bonds. The van der Waals surface area contributed by atoms with Gasteiger partial charge in [-0.25, -0.2) is 9.78 Å². The molecule has 1 saturated heterocycles. The summed E-state index contributed by atoms with van der Waals surface area (Å²) in [5, 5.41) is 2.97. The van der Waals surface area contributed by atoms with Crippen molar-refractivity contribution in [3.05, 3.63) is 64.2 Å². The molecule has 0 spiro atoms. The van der Waals surface area contributed by atoms with Crippen LogP contribution < -0.4 is 11.0 Å². The molecule has 7 heteroatoms. The summed E-state index contributed by atoms with van der Waals surface area (Å²) in [7, 11) is 0. The molecule has 3 aromatic rings. The molecule has 0 bridgehead atoms. The fourth-order valence-electron chi connectivity index (χ4n) is 3.18. The second-order valence-electron chi connectivity index (χ2n) is 6.27. The summed E-state index contributed by atoms with van der Waals surface area (Å²) in [4.78, 5) is 35.5. The van der Waals surface area contributed by atoms with E-state index in [-0.39, 0.29) is 11.6 Å². The normalized spacial score (nSPS) is 17.4. The molecule has 3 heterocycles. The van der Waals surface area contributed by atoms with Gasteiger partial charge in [0.05, 0.1) is 11.1 Å². The lowest BCUT2D eigenvalue weighted by Crippen LogP contribution is -2.52. The van der Waals surface area contributed by atoms with Gasteiger partial charge in [0.15, 0.2) is 5.65 Å². The first-order valence-corrected chi connectivity index (χ1v) is 8.34. The maximum absolute atomic E-state index is 12.5. The summed E-state index contributed by atoms with van der Waals surface area (Å²) < 4.78 is 0. The van der Waals surface area contributed by atoms with E-state index in [2.05, 4.69) is 37.3 Å². The quantitative estimate of drug-likeness (QED) is 0.653. The van der Waals surface area contributed by atoms with Crippen molar-refractivity contribution in [1.29, 1.82) is 0 Å². The molecule has 0 aliphatic carbocycles. The highest BCUT2D eigenvalue weighted by molar-refractivity contribution is 6.03. The number of imidazole rings is 1. The van der Waals surface area contributed by atoms with Gasteiger partial charge in [0, 0.05) is 31.9 Å². The predicted octanol–water partition coefficient (Wildman–Crippen LogP) is 1.26. The van der Waals surface area contributed by atoms with Crippen molar-refractivity contribution in [2.24, 2.45) is 0 Å². The van der Waals surface area contributed by atoms with Gasteiger partial charge in [-0.1, -0.05) is 30.3 Å². The highest BCUT2D eigenvalue weighted by Gasteiger charge is 2.28. The SMILES string of the molecule is O=C(NCC1CCN1Cc1ccccc1)c1ccnc2[nH]c(=O)[nH]c12. The zero-order valence-electron chi connectivity index (χ0n) is 13.7. The van der Waals surface area contributed by atoms with Crippen molar-refractivity contribution in [2.75, 3.05) is 13.1 Å². The summed E-state index contributed by atoms with van der Waals surface area (Å²) in [6.45, 7) is 2.52. The second-order valence-corrected chi connectivity index (χ2v) is 6.27. The van der Waals surface area contributed by atoms with Crippen LogP contribution in [0.1, 0.15) is 22.3 Å². The fraction of sp³-hybridized carbons (Fsp3) is 0.278. The van der Waals surface area contributed by atoms with E-state index in [1.165, 1.54) is 11.8 Å². The van der Waals surface area contributed by atoms with E-state index in [0.717, 1.165) is 19.5 Å². The monoisotopic (exact) mass is 337 g/mol. The zero-order valence-corrected chi connectivity index (χ0v) is 13.7. The fourth-order valence-corrected chi connectivity index (χ4v) is 3.18. The molecule has 128 valence electrons. The van der Waals surface area contributed by atoms with E-state index in [4.69, 9.17) is 0 Å². The third-order valence-corrected chi connectivity index (χ3v) is 4.66. The zero-order chi connectivity index (χ0) is 17.2. The standard InChI is InChI=1S/C18H19N5O2/c24-17(14-6-8-19-16-15(14)21-18(25)22-16)20-10-13-7-9-23(13)11-12-4-2-1-3-5-12/h1-6,8,13H,7,9-11H2,(H,20,24)(H2,19,21,22,25). The molecule has 1 aliphatic heterocycles. The van der Waals surface area contributed by atoms with Gasteiger partial charge in [-0.3, -0.25) is 14.7 Å². The van der Waals surface area contributed by atoms with Crippen molar-refractivity contribution in [1.82, 2.24) is 25.2 Å². The van der Waals surface area contributed by atoms with Crippen molar-refractivity contribution in [3.63, 3.8) is 0 Å². The van der Waals surface area contributed by atoms with Gasteiger partial charge in [0.1, 0.15) is 0 Å². The maximum Gasteiger partial charge on any atom is 0.325 e. The number of aromatic amines is 2. The van der Waals surface area contributed by atoms with Crippen molar-refractivity contribution < 1.29 is 4.79 Å². The summed E-state index contributed by atoms with van der Waals surface area (Å²) in [5.74, 6) is -0.200. The topological polar surface area (TPSA) is 93.9 Å². The Morgan fingerprint density at radius 2 is 2.08 bits per heavy atom. The summed E-state index contributed by atoms with van der Waals surface area (Å²) >= 11 is 0. The third kappa shape index (κ3) is 3.18. The summed E-state index contributed by atoms with van der Waals surface area (Å²) in [6.07, 6.45) is 2.59. The number of pyridine rings is 1. The maximum atomic E-state index is 12.5. The number of fused-ring (bicyclic) bond motifs is 1. The molecular formula is C18H19N5O2.